The molecule has 0 saturated carbocycles. The molecule has 0 bridgehead atoms. The predicted octanol–water partition coefficient (Wildman–Crippen LogP) is 3.47. The number of nitrogens with zero attached hydrogens (tertiary/aromatic N) is 2. The summed E-state index contributed by atoms with van der Waals surface area (Å²) in [5.41, 5.74) is 0.951. The molecule has 0 aromatic heterocycles. The van der Waals surface area contributed by atoms with Crippen molar-refractivity contribution < 1.29 is 22.3 Å². The molecule has 6 nitrogen and oxygen atoms in total. The predicted molar refractivity (Wildman–Crippen MR) is 117 cm³/mol. The molecule has 30 heavy (non-hydrogen) atoms. The second kappa shape index (κ2) is 8.20. The molecule has 2 aromatic carbocycles. The zero-order valence-corrected chi connectivity index (χ0v) is 18.3. The van der Waals surface area contributed by atoms with E-state index in [1.807, 2.05) is 0 Å². The van der Waals surface area contributed by atoms with Crippen molar-refractivity contribution in [3.8, 4) is 5.75 Å². The van der Waals surface area contributed by atoms with Gasteiger partial charge in [-0.15, -0.1) is 0 Å². The molecule has 0 N–H and O–H groups in total. The van der Waals surface area contributed by atoms with E-state index in [9.17, 15) is 17.6 Å². The third-order valence-corrected chi connectivity index (χ3v) is 8.36. The third kappa shape index (κ3) is 4.48. The molecule has 2 atom stereocenters. The molecule has 0 unspecified atom stereocenters. The Bertz CT molecular complexity index is 1120. The van der Waals surface area contributed by atoms with Crippen molar-refractivity contribution in [1.82, 2.24) is 0 Å². The molecule has 2 aliphatic rings. The van der Waals surface area contributed by atoms with E-state index in [4.69, 9.17) is 16.3 Å². The van der Waals surface area contributed by atoms with Gasteiger partial charge in [-0.2, -0.15) is 4.99 Å². The van der Waals surface area contributed by atoms with E-state index in [2.05, 4.69) is 4.99 Å². The first kappa shape index (κ1) is 21.1. The summed E-state index contributed by atoms with van der Waals surface area (Å²) in [5.74, 6) is -0.505. The zero-order chi connectivity index (χ0) is 21.5. The van der Waals surface area contributed by atoms with E-state index in [-0.39, 0.29) is 23.4 Å². The average Bonchev–Trinajstić information content (AvgIpc) is 3.14. The SMILES string of the molecule is Cc1ccc(N2C(=NC(=O)COc3ccc(Cl)cc3)S[C@H]3CS(=O)(=O)C[C@H]32)cc1F. The van der Waals surface area contributed by atoms with Gasteiger partial charge >= 0.3 is 0 Å². The summed E-state index contributed by atoms with van der Waals surface area (Å²) in [6.45, 7) is 1.36. The Labute approximate surface area is 183 Å². The van der Waals surface area contributed by atoms with Crippen LogP contribution in [0.5, 0.6) is 5.75 Å². The Kier molecular flexibility index (Phi) is 5.78. The van der Waals surface area contributed by atoms with Gasteiger partial charge in [-0.1, -0.05) is 29.4 Å². The van der Waals surface area contributed by atoms with Gasteiger partial charge in [-0.25, -0.2) is 12.8 Å². The van der Waals surface area contributed by atoms with Gasteiger partial charge in [0, 0.05) is 16.0 Å². The number of hydrogen-bond donors (Lipinski definition) is 0. The zero-order valence-electron chi connectivity index (χ0n) is 15.9. The molecule has 10 heteroatoms. The minimum atomic E-state index is -3.20. The number of carbonyl (C=O) groups excluding carboxylic acids is 1. The molecule has 0 aliphatic carbocycles. The van der Waals surface area contributed by atoms with Crippen molar-refractivity contribution in [3.63, 3.8) is 0 Å². The fraction of sp³-hybridized carbons (Fsp3) is 0.300. The number of ether oxygens (including phenoxy) is 1. The van der Waals surface area contributed by atoms with Crippen molar-refractivity contribution >= 4 is 50.0 Å². The van der Waals surface area contributed by atoms with E-state index >= 15 is 0 Å². The molecule has 1 amide bonds. The number of aliphatic imine (C=N–C) groups is 1. The average molecular weight is 469 g/mol. The third-order valence-electron chi connectivity index (χ3n) is 4.90. The van der Waals surface area contributed by atoms with Crippen molar-refractivity contribution in [2.24, 2.45) is 4.99 Å². The van der Waals surface area contributed by atoms with Crippen molar-refractivity contribution in [1.29, 1.82) is 0 Å². The summed E-state index contributed by atoms with van der Waals surface area (Å²) in [4.78, 5) is 18.2. The van der Waals surface area contributed by atoms with Crippen molar-refractivity contribution in [3.05, 3.63) is 58.9 Å². The maximum atomic E-state index is 14.2. The van der Waals surface area contributed by atoms with Gasteiger partial charge in [0.25, 0.3) is 5.91 Å². The highest BCUT2D eigenvalue weighted by Crippen LogP contribution is 2.41. The summed E-state index contributed by atoms with van der Waals surface area (Å²) < 4.78 is 43.8. The molecule has 2 saturated heterocycles. The molecule has 0 spiro atoms. The van der Waals surface area contributed by atoms with E-state index < -0.39 is 27.6 Å². The van der Waals surface area contributed by atoms with Crippen LogP contribution in [0.4, 0.5) is 10.1 Å². The first-order valence-electron chi connectivity index (χ1n) is 9.14. The van der Waals surface area contributed by atoms with Crippen LogP contribution in [0.15, 0.2) is 47.5 Å². The Balaban J connectivity index is 1.57. The van der Waals surface area contributed by atoms with Crippen LogP contribution in [0, 0.1) is 12.7 Å². The fourth-order valence-corrected chi connectivity index (χ4v) is 7.47. The largest absolute Gasteiger partial charge is 0.484 e. The number of hydrogen-bond acceptors (Lipinski definition) is 5. The van der Waals surface area contributed by atoms with Crippen LogP contribution in [0.25, 0.3) is 0 Å². The molecule has 2 fully saturated rings. The lowest BCUT2D eigenvalue weighted by Crippen LogP contribution is -2.38. The van der Waals surface area contributed by atoms with Gasteiger partial charge in [0.05, 0.1) is 17.5 Å². The molecule has 2 heterocycles. The number of fused-ring (bicyclic) bond motifs is 1. The number of amidine groups is 1. The molecule has 158 valence electrons. The van der Waals surface area contributed by atoms with Crippen LogP contribution >= 0.6 is 23.4 Å². The van der Waals surface area contributed by atoms with Gasteiger partial charge in [-0.3, -0.25) is 4.79 Å². The Morgan fingerprint density at radius 3 is 2.70 bits per heavy atom. The molecule has 2 aromatic rings. The monoisotopic (exact) mass is 468 g/mol. The van der Waals surface area contributed by atoms with Crippen LogP contribution in [-0.2, 0) is 14.6 Å². The number of anilines is 1. The lowest BCUT2D eigenvalue weighted by Gasteiger charge is -2.24. The number of benzene rings is 2. The Morgan fingerprint density at radius 2 is 2.00 bits per heavy atom. The molecule has 2 aliphatic heterocycles. The highest BCUT2D eigenvalue weighted by atomic mass is 35.5. The number of halogens is 2. The number of thioether (sulfide) groups is 1. The van der Waals surface area contributed by atoms with E-state index in [0.29, 0.717) is 27.2 Å². The summed E-state index contributed by atoms with van der Waals surface area (Å²) in [7, 11) is -3.20. The lowest BCUT2D eigenvalue weighted by molar-refractivity contribution is -0.119. The molecule has 4 rings (SSSR count). The van der Waals surface area contributed by atoms with E-state index in [1.54, 1.807) is 48.2 Å². The number of carbonyl (C=O) groups is 1. The van der Waals surface area contributed by atoms with Gasteiger partial charge in [0.2, 0.25) is 0 Å². The minimum absolute atomic E-state index is 0.00165. The lowest BCUT2D eigenvalue weighted by atomic mass is 10.1. The topological polar surface area (TPSA) is 76.0 Å². The van der Waals surface area contributed by atoms with Crippen molar-refractivity contribution in [2.75, 3.05) is 23.0 Å². The summed E-state index contributed by atoms with van der Waals surface area (Å²) in [6.07, 6.45) is 0. The van der Waals surface area contributed by atoms with Crippen LogP contribution in [-0.4, -0.2) is 48.9 Å². The van der Waals surface area contributed by atoms with Crippen molar-refractivity contribution in [2.45, 2.75) is 18.2 Å². The maximum Gasteiger partial charge on any atom is 0.285 e. The Hall–Kier alpha value is -2.10. The fourth-order valence-electron chi connectivity index (χ4n) is 3.41. The van der Waals surface area contributed by atoms with Crippen LogP contribution in [0.3, 0.4) is 0 Å². The highest BCUT2D eigenvalue weighted by molar-refractivity contribution is 8.16. The maximum absolute atomic E-state index is 14.2. The normalized spacial score (nSPS) is 23.6. The second-order valence-electron chi connectivity index (χ2n) is 7.13. The van der Waals surface area contributed by atoms with Crippen LogP contribution in [0.1, 0.15) is 5.56 Å². The highest BCUT2D eigenvalue weighted by Gasteiger charge is 2.49. The van der Waals surface area contributed by atoms with Gasteiger partial charge < -0.3 is 9.64 Å². The number of amides is 1. The first-order valence-corrected chi connectivity index (χ1v) is 12.2. The molecular weight excluding hydrogens is 451 g/mol. The second-order valence-corrected chi connectivity index (χ2v) is 10.9. The number of aryl methyl sites for hydroxylation is 1. The number of rotatable bonds is 4. The van der Waals surface area contributed by atoms with Crippen LogP contribution in [0.2, 0.25) is 5.02 Å². The molecule has 0 radical (unpaired) electrons. The minimum Gasteiger partial charge on any atom is -0.484 e. The van der Waals surface area contributed by atoms with E-state index in [1.165, 1.54) is 17.8 Å². The quantitative estimate of drug-likeness (QED) is 0.684. The van der Waals surface area contributed by atoms with Crippen LogP contribution < -0.4 is 9.64 Å². The standard InChI is InChI=1S/C20H18ClFN2O4S2/c1-12-2-5-14(8-16(12)22)24-17-10-30(26,27)11-18(17)29-20(24)23-19(25)9-28-15-6-3-13(21)4-7-15/h2-8,17-18H,9-11H2,1H3/t17-,18+/m1/s1. The summed E-state index contributed by atoms with van der Waals surface area (Å²) >= 11 is 7.06. The summed E-state index contributed by atoms with van der Waals surface area (Å²) in [6, 6.07) is 10.8. The summed E-state index contributed by atoms with van der Waals surface area (Å²) in [5, 5.41) is 0.648. The van der Waals surface area contributed by atoms with Gasteiger partial charge in [0.15, 0.2) is 21.6 Å². The van der Waals surface area contributed by atoms with Gasteiger partial charge in [0.1, 0.15) is 11.6 Å². The number of sulfone groups is 1. The molecular formula is C20H18ClFN2O4S2. The van der Waals surface area contributed by atoms with E-state index in [0.717, 1.165) is 0 Å². The Morgan fingerprint density at radius 1 is 1.27 bits per heavy atom. The van der Waals surface area contributed by atoms with Gasteiger partial charge in [-0.05, 0) is 48.9 Å². The first-order chi connectivity index (χ1) is 14.2. The smallest absolute Gasteiger partial charge is 0.285 e.